The molecular formula is C15H18BrNO2S. The van der Waals surface area contributed by atoms with Crippen LogP contribution >= 0.6 is 27.3 Å². The summed E-state index contributed by atoms with van der Waals surface area (Å²) in [5.74, 6) is 0.835. The Balaban J connectivity index is 2.05. The van der Waals surface area contributed by atoms with Gasteiger partial charge in [0.05, 0.1) is 17.5 Å². The molecular weight excluding hydrogens is 338 g/mol. The van der Waals surface area contributed by atoms with E-state index in [1.165, 1.54) is 0 Å². The number of thiophene rings is 1. The molecule has 0 spiro atoms. The number of nitrogens with two attached hydrogens (primary N) is 1. The zero-order valence-corrected chi connectivity index (χ0v) is 13.9. The van der Waals surface area contributed by atoms with Gasteiger partial charge in [0.25, 0.3) is 0 Å². The van der Waals surface area contributed by atoms with Gasteiger partial charge in [-0.2, -0.15) is 0 Å². The highest BCUT2D eigenvalue weighted by molar-refractivity contribution is 9.11. The van der Waals surface area contributed by atoms with Crippen molar-refractivity contribution in [3.05, 3.63) is 50.6 Å². The highest BCUT2D eigenvalue weighted by Gasteiger charge is 2.19. The molecule has 0 aliphatic heterocycles. The van der Waals surface area contributed by atoms with E-state index in [-0.39, 0.29) is 12.1 Å². The van der Waals surface area contributed by atoms with Crippen LogP contribution in [-0.4, -0.2) is 13.2 Å². The molecule has 0 saturated heterocycles. The van der Waals surface area contributed by atoms with Gasteiger partial charge in [-0.1, -0.05) is 12.1 Å². The molecule has 2 aromatic rings. The Hall–Kier alpha value is -0.880. The first-order valence-electron chi connectivity index (χ1n) is 6.35. The van der Waals surface area contributed by atoms with Gasteiger partial charge in [0, 0.05) is 10.9 Å². The van der Waals surface area contributed by atoms with Crippen molar-refractivity contribution in [3.63, 3.8) is 0 Å². The smallest absolute Gasteiger partial charge is 0.119 e. The molecule has 2 unspecified atom stereocenters. The lowest BCUT2D eigenvalue weighted by Gasteiger charge is -2.20. The van der Waals surface area contributed by atoms with Gasteiger partial charge >= 0.3 is 0 Å². The highest BCUT2D eigenvalue weighted by atomic mass is 79.9. The Morgan fingerprint density at radius 2 is 2.10 bits per heavy atom. The minimum atomic E-state index is -0.0995. The molecule has 2 rings (SSSR count). The highest BCUT2D eigenvalue weighted by Crippen LogP contribution is 2.31. The second kappa shape index (κ2) is 7.22. The molecule has 0 amide bonds. The van der Waals surface area contributed by atoms with Gasteiger partial charge in [-0.15, -0.1) is 11.3 Å². The second-order valence-corrected chi connectivity index (χ2v) is 7.08. The van der Waals surface area contributed by atoms with Gasteiger partial charge in [-0.05, 0) is 52.7 Å². The van der Waals surface area contributed by atoms with E-state index in [0.29, 0.717) is 6.61 Å². The second-order valence-electron chi connectivity index (χ2n) is 4.58. The van der Waals surface area contributed by atoms with E-state index >= 15 is 0 Å². The van der Waals surface area contributed by atoms with Crippen molar-refractivity contribution in [2.24, 2.45) is 5.73 Å². The molecule has 0 saturated carbocycles. The summed E-state index contributed by atoms with van der Waals surface area (Å²) >= 11 is 5.12. The lowest BCUT2D eigenvalue weighted by atomic mass is 10.1. The maximum absolute atomic E-state index is 6.04. The Morgan fingerprint density at radius 1 is 1.30 bits per heavy atom. The summed E-state index contributed by atoms with van der Waals surface area (Å²) in [6.07, 6.45) is -0.0995. The summed E-state index contributed by atoms with van der Waals surface area (Å²) in [6, 6.07) is 11.9. The van der Waals surface area contributed by atoms with E-state index in [9.17, 15) is 0 Å². The maximum atomic E-state index is 6.04. The molecule has 0 aliphatic rings. The third-order valence-corrected chi connectivity index (χ3v) is 4.60. The van der Waals surface area contributed by atoms with Crippen LogP contribution in [0.5, 0.6) is 5.75 Å². The SMILES string of the molecule is COc1cccc(COC(c2ccc(Br)s2)C(C)N)c1. The number of halogens is 1. The zero-order chi connectivity index (χ0) is 14.5. The van der Waals surface area contributed by atoms with Crippen LogP contribution in [0, 0.1) is 0 Å². The summed E-state index contributed by atoms with van der Waals surface area (Å²) in [5.41, 5.74) is 7.11. The number of ether oxygens (including phenoxy) is 2. The molecule has 1 aromatic heterocycles. The lowest BCUT2D eigenvalue weighted by Crippen LogP contribution is -2.26. The number of rotatable bonds is 6. The standard InChI is InChI=1S/C15H18BrNO2S/c1-10(17)15(13-6-7-14(16)20-13)19-9-11-4-3-5-12(8-11)18-2/h3-8,10,15H,9,17H2,1-2H3. The number of benzene rings is 1. The van der Waals surface area contributed by atoms with Crippen molar-refractivity contribution >= 4 is 27.3 Å². The first kappa shape index (κ1) is 15.5. The predicted molar refractivity (Wildman–Crippen MR) is 86.2 cm³/mol. The molecule has 0 radical (unpaired) electrons. The lowest BCUT2D eigenvalue weighted by molar-refractivity contribution is 0.0282. The van der Waals surface area contributed by atoms with Crippen molar-refractivity contribution in [1.29, 1.82) is 0 Å². The first-order valence-corrected chi connectivity index (χ1v) is 7.96. The number of hydrogen-bond acceptors (Lipinski definition) is 4. The van der Waals surface area contributed by atoms with E-state index in [2.05, 4.69) is 15.9 Å². The molecule has 0 bridgehead atoms. The van der Waals surface area contributed by atoms with E-state index < -0.39 is 0 Å². The Bertz CT molecular complexity index is 556. The fourth-order valence-corrected chi connectivity index (χ4v) is 3.51. The molecule has 1 heterocycles. The predicted octanol–water partition coefficient (Wildman–Crippen LogP) is 4.12. The molecule has 2 atom stereocenters. The summed E-state index contributed by atoms with van der Waals surface area (Å²) in [7, 11) is 1.66. The summed E-state index contributed by atoms with van der Waals surface area (Å²) in [5, 5.41) is 0. The van der Waals surface area contributed by atoms with Crippen LogP contribution in [0.25, 0.3) is 0 Å². The minimum Gasteiger partial charge on any atom is -0.497 e. The van der Waals surface area contributed by atoms with Crippen LogP contribution in [0.15, 0.2) is 40.2 Å². The normalized spacial score (nSPS) is 14.0. The Labute approximate surface area is 131 Å². The Morgan fingerprint density at radius 3 is 2.70 bits per heavy atom. The summed E-state index contributed by atoms with van der Waals surface area (Å²) < 4.78 is 12.3. The van der Waals surface area contributed by atoms with E-state index in [4.69, 9.17) is 15.2 Å². The van der Waals surface area contributed by atoms with Crippen LogP contribution in [0.4, 0.5) is 0 Å². The Kier molecular flexibility index (Phi) is 5.60. The topological polar surface area (TPSA) is 44.5 Å². The average molecular weight is 356 g/mol. The number of methoxy groups -OCH3 is 1. The maximum Gasteiger partial charge on any atom is 0.119 e. The van der Waals surface area contributed by atoms with Crippen LogP contribution in [0.2, 0.25) is 0 Å². The van der Waals surface area contributed by atoms with E-state index in [1.807, 2.05) is 43.3 Å². The van der Waals surface area contributed by atoms with Crippen molar-refractivity contribution in [3.8, 4) is 5.75 Å². The monoisotopic (exact) mass is 355 g/mol. The van der Waals surface area contributed by atoms with Crippen molar-refractivity contribution in [2.45, 2.75) is 25.7 Å². The molecule has 0 aliphatic carbocycles. The van der Waals surface area contributed by atoms with Gasteiger partial charge in [0.1, 0.15) is 11.9 Å². The minimum absolute atomic E-state index is 0.0637. The van der Waals surface area contributed by atoms with Gasteiger partial charge in [-0.3, -0.25) is 0 Å². The zero-order valence-electron chi connectivity index (χ0n) is 11.5. The van der Waals surface area contributed by atoms with Gasteiger partial charge in [0.2, 0.25) is 0 Å². The van der Waals surface area contributed by atoms with Crippen LogP contribution in [0.1, 0.15) is 23.5 Å². The molecule has 20 heavy (non-hydrogen) atoms. The van der Waals surface area contributed by atoms with Crippen LogP contribution < -0.4 is 10.5 Å². The molecule has 2 N–H and O–H groups in total. The molecule has 1 aromatic carbocycles. The average Bonchev–Trinajstić information content (AvgIpc) is 2.85. The molecule has 5 heteroatoms. The van der Waals surface area contributed by atoms with Gasteiger partial charge in [-0.25, -0.2) is 0 Å². The fraction of sp³-hybridized carbons (Fsp3) is 0.333. The van der Waals surface area contributed by atoms with Gasteiger partial charge in [0.15, 0.2) is 0 Å². The third kappa shape index (κ3) is 4.06. The van der Waals surface area contributed by atoms with Crippen molar-refractivity contribution in [1.82, 2.24) is 0 Å². The van der Waals surface area contributed by atoms with Crippen molar-refractivity contribution in [2.75, 3.05) is 7.11 Å². The quantitative estimate of drug-likeness (QED) is 0.847. The van der Waals surface area contributed by atoms with Gasteiger partial charge < -0.3 is 15.2 Å². The largest absolute Gasteiger partial charge is 0.497 e. The van der Waals surface area contributed by atoms with E-state index in [1.54, 1.807) is 18.4 Å². The molecule has 0 fully saturated rings. The molecule has 108 valence electrons. The molecule has 3 nitrogen and oxygen atoms in total. The third-order valence-electron chi connectivity index (χ3n) is 2.92. The van der Waals surface area contributed by atoms with E-state index in [0.717, 1.165) is 20.0 Å². The summed E-state index contributed by atoms with van der Waals surface area (Å²) in [4.78, 5) is 1.13. The van der Waals surface area contributed by atoms with Crippen LogP contribution in [0.3, 0.4) is 0 Å². The first-order chi connectivity index (χ1) is 9.60. The van der Waals surface area contributed by atoms with Crippen molar-refractivity contribution < 1.29 is 9.47 Å². The number of hydrogen-bond donors (Lipinski definition) is 1. The van der Waals surface area contributed by atoms with Crippen LogP contribution in [-0.2, 0) is 11.3 Å². The fourth-order valence-electron chi connectivity index (χ4n) is 1.92. The summed E-state index contributed by atoms with van der Waals surface area (Å²) in [6.45, 7) is 2.47.